The molecule has 32 heavy (non-hydrogen) atoms. The number of benzene rings is 2. The Kier molecular flexibility index (Phi) is 7.00. The predicted molar refractivity (Wildman–Crippen MR) is 125 cm³/mol. The normalized spacial score (nSPS) is 19.5. The number of piperazine rings is 1. The van der Waals surface area contributed by atoms with Crippen LogP contribution in [0, 0.1) is 0 Å². The molecule has 1 unspecified atom stereocenters. The Morgan fingerprint density at radius 3 is 2.44 bits per heavy atom. The van der Waals surface area contributed by atoms with Crippen molar-refractivity contribution in [2.45, 2.75) is 36.5 Å². The van der Waals surface area contributed by atoms with E-state index in [2.05, 4.69) is 12.1 Å². The second-order valence-corrected chi connectivity index (χ2v) is 10.9. The first-order chi connectivity index (χ1) is 15.3. The maximum Gasteiger partial charge on any atom is 0.246 e. The Balaban J connectivity index is 1.41. The van der Waals surface area contributed by atoms with Crippen molar-refractivity contribution in [2.75, 3.05) is 33.3 Å². The van der Waals surface area contributed by atoms with Gasteiger partial charge in [-0.15, -0.1) is 0 Å². The highest BCUT2D eigenvalue weighted by Crippen LogP contribution is 2.36. The molecule has 6 nitrogen and oxygen atoms in total. The maximum atomic E-state index is 13.1. The van der Waals surface area contributed by atoms with Crippen molar-refractivity contribution < 1.29 is 17.9 Å². The number of hydrogen-bond donors (Lipinski definition) is 0. The molecule has 0 bridgehead atoms. The Morgan fingerprint density at radius 1 is 1.09 bits per heavy atom. The van der Waals surface area contributed by atoms with Gasteiger partial charge < -0.3 is 9.64 Å². The number of carbonyl (C=O) groups excluding carboxylic acids is 1. The summed E-state index contributed by atoms with van der Waals surface area (Å²) in [6, 6.07) is 10.7. The first-order valence-corrected chi connectivity index (χ1v) is 12.9. The number of carbonyl (C=O) groups is 1. The van der Waals surface area contributed by atoms with E-state index < -0.39 is 10.0 Å². The van der Waals surface area contributed by atoms with E-state index in [0.717, 1.165) is 25.0 Å². The van der Waals surface area contributed by atoms with E-state index in [-0.39, 0.29) is 39.9 Å². The summed E-state index contributed by atoms with van der Waals surface area (Å²) in [7, 11) is -2.17. The van der Waals surface area contributed by atoms with Gasteiger partial charge in [-0.1, -0.05) is 35.3 Å². The number of amides is 1. The summed E-state index contributed by atoms with van der Waals surface area (Å²) in [5, 5.41) is 0.201. The molecule has 1 aliphatic carbocycles. The third-order valence-corrected chi connectivity index (χ3v) is 9.17. The zero-order chi connectivity index (χ0) is 22.9. The van der Waals surface area contributed by atoms with Gasteiger partial charge in [-0.2, -0.15) is 4.31 Å². The summed E-state index contributed by atoms with van der Waals surface area (Å²) in [5.41, 5.74) is 2.47. The number of nitrogens with zero attached hydrogens (tertiary/aromatic N) is 2. The van der Waals surface area contributed by atoms with Gasteiger partial charge in [0.1, 0.15) is 10.6 Å². The third-order valence-electron chi connectivity index (χ3n) is 6.32. The highest BCUT2D eigenvalue weighted by Gasteiger charge is 2.34. The van der Waals surface area contributed by atoms with Crippen LogP contribution in [-0.2, 0) is 21.2 Å². The smallest absolute Gasteiger partial charge is 0.246 e. The molecule has 172 valence electrons. The van der Waals surface area contributed by atoms with Gasteiger partial charge in [0.05, 0.1) is 17.2 Å². The molecule has 0 radical (unpaired) electrons. The number of aryl methyl sites for hydroxylation is 1. The lowest BCUT2D eigenvalue weighted by molar-refractivity contribution is -0.132. The zero-order valence-electron chi connectivity index (χ0n) is 17.9. The molecule has 1 aliphatic heterocycles. The minimum Gasteiger partial charge on any atom is -0.497 e. The van der Waals surface area contributed by atoms with Gasteiger partial charge in [0.25, 0.3) is 0 Å². The average Bonchev–Trinajstić information content (AvgIpc) is 2.78. The molecule has 0 saturated carbocycles. The minimum atomic E-state index is -3.83. The number of sulfonamides is 1. The van der Waals surface area contributed by atoms with E-state index in [1.807, 2.05) is 6.07 Å². The van der Waals surface area contributed by atoms with Crippen molar-refractivity contribution in [3.8, 4) is 5.75 Å². The van der Waals surface area contributed by atoms with Crippen LogP contribution in [0.2, 0.25) is 10.0 Å². The fraction of sp³-hybridized carbons (Fsp3) is 0.435. The first-order valence-electron chi connectivity index (χ1n) is 10.7. The van der Waals surface area contributed by atoms with Crippen molar-refractivity contribution in [1.29, 1.82) is 0 Å². The summed E-state index contributed by atoms with van der Waals surface area (Å²) in [6.07, 6.45) is 3.45. The van der Waals surface area contributed by atoms with E-state index in [0.29, 0.717) is 19.5 Å². The van der Waals surface area contributed by atoms with Crippen LogP contribution in [-0.4, -0.2) is 56.8 Å². The van der Waals surface area contributed by atoms with Crippen LogP contribution in [0.1, 0.15) is 36.3 Å². The molecule has 9 heteroatoms. The monoisotopic (exact) mass is 496 g/mol. The van der Waals surface area contributed by atoms with Gasteiger partial charge in [-0.3, -0.25) is 4.79 Å². The summed E-state index contributed by atoms with van der Waals surface area (Å²) in [4.78, 5) is 14.7. The van der Waals surface area contributed by atoms with Crippen LogP contribution in [0.4, 0.5) is 0 Å². The van der Waals surface area contributed by atoms with Crippen LogP contribution >= 0.6 is 23.2 Å². The molecule has 2 aromatic rings. The van der Waals surface area contributed by atoms with Crippen LogP contribution in [0.15, 0.2) is 41.3 Å². The first kappa shape index (κ1) is 23.4. The zero-order valence-corrected chi connectivity index (χ0v) is 20.2. The fourth-order valence-corrected chi connectivity index (χ4v) is 7.12. The molecule has 1 saturated heterocycles. The molecule has 1 amide bonds. The van der Waals surface area contributed by atoms with Crippen LogP contribution < -0.4 is 4.74 Å². The average molecular weight is 497 g/mol. The largest absolute Gasteiger partial charge is 0.497 e. The molecule has 0 spiro atoms. The molecule has 0 aromatic heterocycles. The van der Waals surface area contributed by atoms with E-state index in [4.69, 9.17) is 27.9 Å². The molecule has 4 rings (SSSR count). The van der Waals surface area contributed by atoms with Crippen LogP contribution in [0.5, 0.6) is 5.75 Å². The number of halogens is 2. The number of ether oxygens (including phenoxy) is 1. The Hall–Kier alpha value is -1.80. The van der Waals surface area contributed by atoms with E-state index in [1.165, 1.54) is 27.6 Å². The number of rotatable bonds is 5. The lowest BCUT2D eigenvalue weighted by Crippen LogP contribution is -2.50. The van der Waals surface area contributed by atoms with Gasteiger partial charge in [0.15, 0.2) is 0 Å². The van der Waals surface area contributed by atoms with Gasteiger partial charge >= 0.3 is 0 Å². The summed E-state index contributed by atoms with van der Waals surface area (Å²) < 4.78 is 32.8. The lowest BCUT2D eigenvalue weighted by atomic mass is 9.80. The van der Waals surface area contributed by atoms with Crippen molar-refractivity contribution >= 4 is 39.1 Å². The van der Waals surface area contributed by atoms with Crippen molar-refractivity contribution in [2.24, 2.45) is 0 Å². The topological polar surface area (TPSA) is 66.9 Å². The van der Waals surface area contributed by atoms with Gasteiger partial charge in [0, 0.05) is 32.6 Å². The molecule has 2 aliphatic rings. The maximum absolute atomic E-state index is 13.1. The van der Waals surface area contributed by atoms with Gasteiger partial charge in [-0.05, 0) is 60.6 Å². The third kappa shape index (κ3) is 4.62. The highest BCUT2D eigenvalue weighted by molar-refractivity contribution is 7.89. The van der Waals surface area contributed by atoms with E-state index in [1.54, 1.807) is 18.1 Å². The van der Waals surface area contributed by atoms with Crippen molar-refractivity contribution in [3.05, 3.63) is 57.6 Å². The predicted octanol–water partition coefficient (Wildman–Crippen LogP) is 4.35. The molecule has 1 atom stereocenters. The lowest BCUT2D eigenvalue weighted by Gasteiger charge is -2.35. The quantitative estimate of drug-likeness (QED) is 0.617. The number of methoxy groups -OCH3 is 1. The number of hydrogen-bond acceptors (Lipinski definition) is 4. The highest BCUT2D eigenvalue weighted by atomic mass is 35.5. The van der Waals surface area contributed by atoms with E-state index >= 15 is 0 Å². The van der Waals surface area contributed by atoms with Crippen molar-refractivity contribution in [1.82, 2.24) is 9.21 Å². The standard InChI is InChI=1S/C23H26Cl2N2O4S/c1-31-18-8-9-19-16(14-18)4-2-5-17(19)15-22(28)26-10-12-27(13-11-26)32(29,30)23-20(24)6-3-7-21(23)25/h3,6-9,14,17H,2,4-5,10-13,15H2,1H3. The Morgan fingerprint density at radius 2 is 1.78 bits per heavy atom. The summed E-state index contributed by atoms with van der Waals surface area (Å²) in [5.74, 6) is 1.08. The van der Waals surface area contributed by atoms with Crippen LogP contribution in [0.3, 0.4) is 0 Å². The molecular formula is C23H26Cl2N2O4S. The second-order valence-electron chi connectivity index (χ2n) is 8.19. The van der Waals surface area contributed by atoms with E-state index in [9.17, 15) is 13.2 Å². The molecular weight excluding hydrogens is 471 g/mol. The molecule has 1 fully saturated rings. The second kappa shape index (κ2) is 9.59. The SMILES string of the molecule is COc1ccc2c(c1)CCCC2CC(=O)N1CCN(S(=O)(=O)c2c(Cl)cccc2Cl)CC1. The summed E-state index contributed by atoms with van der Waals surface area (Å²) >= 11 is 12.2. The summed E-state index contributed by atoms with van der Waals surface area (Å²) in [6.45, 7) is 1.13. The minimum absolute atomic E-state index is 0.0616. The molecule has 1 heterocycles. The van der Waals surface area contributed by atoms with Crippen molar-refractivity contribution in [3.63, 3.8) is 0 Å². The Labute approximate surface area is 199 Å². The molecule has 2 aromatic carbocycles. The van der Waals surface area contributed by atoms with Gasteiger partial charge in [-0.25, -0.2) is 8.42 Å². The molecule has 0 N–H and O–H groups in total. The van der Waals surface area contributed by atoms with Crippen LogP contribution in [0.25, 0.3) is 0 Å². The fourth-order valence-electron chi connectivity index (χ4n) is 4.61. The Bertz CT molecular complexity index is 1090. The van der Waals surface area contributed by atoms with Gasteiger partial charge in [0.2, 0.25) is 15.9 Å². The number of fused-ring (bicyclic) bond motifs is 1.